The Morgan fingerprint density at radius 1 is 1.19 bits per heavy atom. The number of ether oxygens (including phenoxy) is 2. The summed E-state index contributed by atoms with van der Waals surface area (Å²) < 4.78 is 11.3. The van der Waals surface area contributed by atoms with Crippen LogP contribution in [-0.2, 0) is 11.2 Å². The highest BCUT2D eigenvalue weighted by Crippen LogP contribution is 2.36. The third-order valence-corrected chi connectivity index (χ3v) is 6.05. The van der Waals surface area contributed by atoms with Gasteiger partial charge in [0.1, 0.15) is 18.2 Å². The maximum absolute atomic E-state index is 12.6. The van der Waals surface area contributed by atoms with Crippen LogP contribution in [0.15, 0.2) is 47.5 Å². The lowest BCUT2D eigenvalue weighted by Crippen LogP contribution is -2.16. The summed E-state index contributed by atoms with van der Waals surface area (Å²) in [5.74, 6) is 1.45. The van der Waals surface area contributed by atoms with Crippen molar-refractivity contribution in [1.82, 2.24) is 4.98 Å². The molecular formula is C24H27N3O4S. The number of anilines is 1. The predicted octanol–water partition coefficient (Wildman–Crippen LogP) is 3.68. The molecule has 0 bridgehead atoms. The molecule has 0 radical (unpaired) electrons. The SMILES string of the molecule is CC(O)Cc1cccc(NC(=O)CSc2nc3cc4c(cc3cc2C(C)N)OCCO4)c1. The second-order valence-electron chi connectivity index (χ2n) is 7.95. The molecule has 8 heteroatoms. The van der Waals surface area contributed by atoms with Gasteiger partial charge >= 0.3 is 0 Å². The van der Waals surface area contributed by atoms with Crippen molar-refractivity contribution in [2.24, 2.45) is 5.73 Å². The molecular weight excluding hydrogens is 426 g/mol. The number of nitrogens with one attached hydrogen (secondary N) is 1. The third kappa shape index (κ3) is 5.32. The van der Waals surface area contributed by atoms with Gasteiger partial charge in [-0.2, -0.15) is 0 Å². The average Bonchev–Trinajstić information content (AvgIpc) is 2.75. The molecule has 1 amide bonds. The van der Waals surface area contributed by atoms with Gasteiger partial charge in [-0.05, 0) is 50.1 Å². The van der Waals surface area contributed by atoms with Gasteiger partial charge in [-0.1, -0.05) is 23.9 Å². The van der Waals surface area contributed by atoms with Crippen molar-refractivity contribution in [2.75, 3.05) is 24.3 Å². The Morgan fingerprint density at radius 2 is 1.94 bits per heavy atom. The fourth-order valence-electron chi connectivity index (χ4n) is 3.60. The number of hydrogen-bond acceptors (Lipinski definition) is 7. The number of benzene rings is 2. The molecule has 4 rings (SSSR count). The predicted molar refractivity (Wildman–Crippen MR) is 127 cm³/mol. The molecule has 2 heterocycles. The number of carbonyl (C=O) groups is 1. The first-order valence-electron chi connectivity index (χ1n) is 10.6. The number of carbonyl (C=O) groups excluding carboxylic acids is 1. The van der Waals surface area contributed by atoms with Gasteiger partial charge in [-0.3, -0.25) is 4.79 Å². The zero-order valence-electron chi connectivity index (χ0n) is 18.1. The minimum atomic E-state index is -0.435. The normalized spacial score (nSPS) is 14.8. The topological polar surface area (TPSA) is 107 Å². The number of nitrogens with zero attached hydrogens (tertiary/aromatic N) is 1. The molecule has 32 heavy (non-hydrogen) atoms. The van der Waals surface area contributed by atoms with Crippen LogP contribution in [0.4, 0.5) is 5.69 Å². The number of rotatable bonds is 7. The van der Waals surface area contributed by atoms with E-state index in [4.69, 9.17) is 20.2 Å². The molecule has 0 saturated heterocycles. The van der Waals surface area contributed by atoms with Gasteiger partial charge in [0.15, 0.2) is 11.5 Å². The van der Waals surface area contributed by atoms with Crippen molar-refractivity contribution >= 4 is 34.3 Å². The van der Waals surface area contributed by atoms with E-state index in [2.05, 4.69) is 5.32 Å². The number of amides is 1. The van der Waals surface area contributed by atoms with Crippen LogP contribution in [0.3, 0.4) is 0 Å². The summed E-state index contributed by atoms with van der Waals surface area (Å²) in [6.45, 7) is 4.68. The van der Waals surface area contributed by atoms with Gasteiger partial charge in [0.25, 0.3) is 0 Å². The molecule has 7 nitrogen and oxygen atoms in total. The summed E-state index contributed by atoms with van der Waals surface area (Å²) in [7, 11) is 0. The Kier molecular flexibility index (Phi) is 6.83. The number of aliphatic hydroxyl groups excluding tert-OH is 1. The minimum absolute atomic E-state index is 0.135. The molecule has 3 aromatic rings. The van der Waals surface area contributed by atoms with Crippen molar-refractivity contribution in [3.8, 4) is 11.5 Å². The standard InChI is InChI=1S/C24H27N3O4S/c1-14(28)8-16-4-3-5-18(9-16)26-23(29)13-32-24-19(15(2)25)10-17-11-21-22(12-20(17)27-24)31-7-6-30-21/h3-5,9-12,14-15,28H,6-8,13,25H2,1-2H3,(H,26,29). The van der Waals surface area contributed by atoms with E-state index < -0.39 is 6.10 Å². The van der Waals surface area contributed by atoms with Gasteiger partial charge in [0, 0.05) is 28.7 Å². The molecule has 168 valence electrons. The number of aromatic nitrogens is 1. The van der Waals surface area contributed by atoms with Gasteiger partial charge in [-0.25, -0.2) is 4.98 Å². The van der Waals surface area contributed by atoms with Crippen molar-refractivity contribution < 1.29 is 19.4 Å². The summed E-state index contributed by atoms with van der Waals surface area (Å²) in [6.07, 6.45) is 0.102. The molecule has 1 aromatic heterocycles. The zero-order valence-corrected chi connectivity index (χ0v) is 18.9. The fraction of sp³-hybridized carbons (Fsp3) is 0.333. The second-order valence-corrected chi connectivity index (χ2v) is 8.91. The molecule has 0 aliphatic carbocycles. The van der Waals surface area contributed by atoms with E-state index in [9.17, 15) is 9.90 Å². The zero-order chi connectivity index (χ0) is 22.7. The molecule has 0 saturated carbocycles. The maximum atomic E-state index is 12.6. The maximum Gasteiger partial charge on any atom is 0.234 e. The first kappa shape index (κ1) is 22.4. The highest BCUT2D eigenvalue weighted by molar-refractivity contribution is 8.00. The number of aliphatic hydroxyl groups is 1. The minimum Gasteiger partial charge on any atom is -0.486 e. The van der Waals surface area contributed by atoms with Crippen LogP contribution < -0.4 is 20.5 Å². The van der Waals surface area contributed by atoms with Crippen LogP contribution in [0.2, 0.25) is 0 Å². The molecule has 0 spiro atoms. The molecule has 2 atom stereocenters. The highest BCUT2D eigenvalue weighted by atomic mass is 32.2. The van der Waals surface area contributed by atoms with E-state index in [1.807, 2.05) is 49.4 Å². The molecule has 2 aromatic carbocycles. The Morgan fingerprint density at radius 3 is 2.66 bits per heavy atom. The Labute approximate surface area is 191 Å². The fourth-order valence-corrected chi connectivity index (χ4v) is 4.51. The third-order valence-electron chi connectivity index (χ3n) is 5.04. The molecule has 1 aliphatic rings. The van der Waals surface area contributed by atoms with E-state index >= 15 is 0 Å². The lowest BCUT2D eigenvalue weighted by Gasteiger charge is -2.20. The van der Waals surface area contributed by atoms with Gasteiger partial charge in [-0.15, -0.1) is 0 Å². The number of fused-ring (bicyclic) bond motifs is 2. The van der Waals surface area contributed by atoms with E-state index in [-0.39, 0.29) is 17.7 Å². The van der Waals surface area contributed by atoms with Crippen molar-refractivity contribution in [1.29, 1.82) is 0 Å². The van der Waals surface area contributed by atoms with Gasteiger partial charge in [0.2, 0.25) is 5.91 Å². The summed E-state index contributed by atoms with van der Waals surface area (Å²) in [5.41, 5.74) is 9.52. The number of nitrogens with two attached hydrogens (primary N) is 1. The van der Waals surface area contributed by atoms with E-state index in [0.29, 0.717) is 36.8 Å². The first-order chi connectivity index (χ1) is 15.4. The summed E-state index contributed by atoms with van der Waals surface area (Å²) in [6, 6.07) is 13.1. The first-order valence-corrected chi connectivity index (χ1v) is 11.6. The molecule has 1 aliphatic heterocycles. The number of thioether (sulfide) groups is 1. The smallest absolute Gasteiger partial charge is 0.234 e. The quantitative estimate of drug-likeness (QED) is 0.469. The van der Waals surface area contributed by atoms with Crippen molar-refractivity contribution in [3.63, 3.8) is 0 Å². The van der Waals surface area contributed by atoms with E-state index in [1.54, 1.807) is 6.92 Å². The van der Waals surface area contributed by atoms with Gasteiger partial charge in [0.05, 0.1) is 17.4 Å². The van der Waals surface area contributed by atoms with E-state index in [0.717, 1.165) is 27.1 Å². The van der Waals surface area contributed by atoms with Crippen LogP contribution in [-0.4, -0.2) is 41.1 Å². The Hall–Kier alpha value is -2.81. The lowest BCUT2D eigenvalue weighted by molar-refractivity contribution is -0.113. The van der Waals surface area contributed by atoms with Crippen LogP contribution in [0, 0.1) is 0 Å². The Bertz CT molecular complexity index is 1130. The summed E-state index contributed by atoms with van der Waals surface area (Å²) in [4.78, 5) is 17.3. The lowest BCUT2D eigenvalue weighted by atomic mass is 10.1. The van der Waals surface area contributed by atoms with Crippen molar-refractivity contribution in [3.05, 3.63) is 53.6 Å². The largest absolute Gasteiger partial charge is 0.486 e. The summed E-state index contributed by atoms with van der Waals surface area (Å²) in [5, 5.41) is 14.1. The van der Waals surface area contributed by atoms with E-state index in [1.165, 1.54) is 11.8 Å². The molecule has 2 unspecified atom stereocenters. The van der Waals surface area contributed by atoms with Crippen molar-refractivity contribution in [2.45, 2.75) is 37.4 Å². The molecule has 4 N–H and O–H groups in total. The van der Waals surface area contributed by atoms with Crippen LogP contribution in [0.5, 0.6) is 11.5 Å². The molecule has 0 fully saturated rings. The van der Waals surface area contributed by atoms with Crippen LogP contribution in [0.1, 0.15) is 31.0 Å². The Balaban J connectivity index is 1.50. The summed E-state index contributed by atoms with van der Waals surface area (Å²) >= 11 is 1.35. The monoisotopic (exact) mass is 453 g/mol. The number of hydrogen-bond donors (Lipinski definition) is 3. The average molecular weight is 454 g/mol. The number of pyridine rings is 1. The van der Waals surface area contributed by atoms with Crippen LogP contribution >= 0.6 is 11.8 Å². The van der Waals surface area contributed by atoms with Crippen LogP contribution in [0.25, 0.3) is 10.9 Å². The van der Waals surface area contributed by atoms with Gasteiger partial charge < -0.3 is 25.6 Å². The second kappa shape index (κ2) is 9.77. The highest BCUT2D eigenvalue weighted by Gasteiger charge is 2.17.